The van der Waals surface area contributed by atoms with Crippen LogP contribution in [0.1, 0.15) is 50.0 Å². The molecule has 7 nitrogen and oxygen atoms in total. The highest BCUT2D eigenvalue weighted by atomic mass is 32.2. The SMILES string of the molecule is CS(=O)(=O)N[C@@H]1CCCN(C(=O)C2COC2)[C@@H]1COC1CCC(c2ccccc2)CC1. The molecule has 1 N–H and O–H groups in total. The second-order valence-electron chi connectivity index (χ2n) is 9.19. The molecule has 4 rings (SSSR count). The predicted octanol–water partition coefficient (Wildman–Crippen LogP) is 2.28. The Kier molecular flexibility index (Phi) is 7.31. The summed E-state index contributed by atoms with van der Waals surface area (Å²) in [4.78, 5) is 14.8. The van der Waals surface area contributed by atoms with Crippen molar-refractivity contribution in [2.24, 2.45) is 5.92 Å². The zero-order valence-corrected chi connectivity index (χ0v) is 19.1. The van der Waals surface area contributed by atoms with E-state index in [-0.39, 0.29) is 30.0 Å². The zero-order valence-electron chi connectivity index (χ0n) is 18.2. The number of piperidine rings is 1. The Morgan fingerprint density at radius 2 is 1.84 bits per heavy atom. The maximum Gasteiger partial charge on any atom is 0.230 e. The van der Waals surface area contributed by atoms with Crippen molar-refractivity contribution >= 4 is 15.9 Å². The largest absolute Gasteiger partial charge is 0.380 e. The van der Waals surface area contributed by atoms with Gasteiger partial charge in [0.25, 0.3) is 0 Å². The molecule has 2 heterocycles. The van der Waals surface area contributed by atoms with Crippen molar-refractivity contribution in [2.45, 2.75) is 62.6 Å². The fraction of sp³-hybridized carbons (Fsp3) is 0.696. The number of benzene rings is 1. The number of likely N-dealkylation sites (tertiary alicyclic amines) is 1. The first-order valence-corrected chi connectivity index (χ1v) is 13.3. The van der Waals surface area contributed by atoms with Crippen LogP contribution in [0.4, 0.5) is 0 Å². The fourth-order valence-corrected chi connectivity index (χ4v) is 5.91. The van der Waals surface area contributed by atoms with Crippen molar-refractivity contribution in [2.75, 3.05) is 32.6 Å². The molecule has 0 unspecified atom stereocenters. The van der Waals surface area contributed by atoms with E-state index in [4.69, 9.17) is 9.47 Å². The molecule has 1 aliphatic carbocycles. The monoisotopic (exact) mass is 450 g/mol. The Bertz CT molecular complexity index is 835. The first kappa shape index (κ1) is 22.7. The Labute approximate surface area is 185 Å². The summed E-state index contributed by atoms with van der Waals surface area (Å²) >= 11 is 0. The van der Waals surface area contributed by atoms with Crippen LogP contribution in [0, 0.1) is 5.92 Å². The van der Waals surface area contributed by atoms with Gasteiger partial charge in [-0.2, -0.15) is 0 Å². The van der Waals surface area contributed by atoms with Gasteiger partial charge in [0.1, 0.15) is 0 Å². The van der Waals surface area contributed by atoms with E-state index >= 15 is 0 Å². The van der Waals surface area contributed by atoms with Crippen molar-refractivity contribution < 1.29 is 22.7 Å². The van der Waals surface area contributed by atoms with Gasteiger partial charge in [0.15, 0.2) is 0 Å². The molecule has 1 saturated carbocycles. The standard InChI is InChI=1S/C23H34N2O5S/c1-31(27,28)24-21-8-5-13-25(23(26)19-14-29-15-19)22(21)16-30-20-11-9-18(10-12-20)17-6-3-2-4-7-17/h2-4,6-7,18-22,24H,5,8-16H2,1H3/t18?,20?,21-,22-/m1/s1. The summed E-state index contributed by atoms with van der Waals surface area (Å²) in [5, 5.41) is 0. The van der Waals surface area contributed by atoms with Gasteiger partial charge in [-0.25, -0.2) is 13.1 Å². The summed E-state index contributed by atoms with van der Waals surface area (Å²) in [7, 11) is -3.37. The molecule has 1 amide bonds. The molecule has 0 bridgehead atoms. The van der Waals surface area contributed by atoms with Gasteiger partial charge in [-0.3, -0.25) is 4.79 Å². The van der Waals surface area contributed by atoms with E-state index < -0.39 is 10.0 Å². The minimum absolute atomic E-state index is 0.0626. The molecule has 0 spiro atoms. The van der Waals surface area contributed by atoms with Crippen molar-refractivity contribution in [3.05, 3.63) is 35.9 Å². The van der Waals surface area contributed by atoms with Crippen LogP contribution in [-0.2, 0) is 24.3 Å². The highest BCUT2D eigenvalue weighted by molar-refractivity contribution is 7.88. The first-order chi connectivity index (χ1) is 14.9. The van der Waals surface area contributed by atoms with Crippen LogP contribution < -0.4 is 4.72 Å². The molecule has 172 valence electrons. The van der Waals surface area contributed by atoms with E-state index in [1.54, 1.807) is 0 Å². The molecule has 3 aliphatic rings. The average molecular weight is 451 g/mol. The Hall–Kier alpha value is -1.48. The molecule has 3 fully saturated rings. The van der Waals surface area contributed by atoms with E-state index in [9.17, 15) is 13.2 Å². The number of carbonyl (C=O) groups is 1. The predicted molar refractivity (Wildman–Crippen MR) is 118 cm³/mol. The normalized spacial score (nSPS) is 30.0. The van der Waals surface area contributed by atoms with Gasteiger partial charge >= 0.3 is 0 Å². The highest BCUT2D eigenvalue weighted by Crippen LogP contribution is 2.34. The minimum atomic E-state index is -3.37. The van der Waals surface area contributed by atoms with Crippen LogP contribution in [0.3, 0.4) is 0 Å². The van der Waals surface area contributed by atoms with Crippen LogP contribution in [0.5, 0.6) is 0 Å². The zero-order chi connectivity index (χ0) is 21.8. The number of amides is 1. The first-order valence-electron chi connectivity index (χ1n) is 11.4. The van der Waals surface area contributed by atoms with E-state index in [0.717, 1.165) is 32.1 Å². The van der Waals surface area contributed by atoms with Gasteiger partial charge in [-0.15, -0.1) is 0 Å². The molecule has 8 heteroatoms. The maximum atomic E-state index is 13.0. The summed E-state index contributed by atoms with van der Waals surface area (Å²) in [5.41, 5.74) is 1.39. The van der Waals surface area contributed by atoms with Gasteiger partial charge in [0.05, 0.1) is 44.1 Å². The molecule has 1 aromatic carbocycles. The summed E-state index contributed by atoms with van der Waals surface area (Å²) in [6, 6.07) is 10.0. The van der Waals surface area contributed by atoms with Crippen molar-refractivity contribution in [3.8, 4) is 0 Å². The average Bonchev–Trinajstić information content (AvgIpc) is 2.71. The van der Waals surface area contributed by atoms with E-state index in [1.807, 2.05) is 11.0 Å². The molecule has 0 radical (unpaired) electrons. The molecule has 2 saturated heterocycles. The number of sulfonamides is 1. The number of ether oxygens (including phenoxy) is 2. The van der Waals surface area contributed by atoms with Gasteiger partial charge in [0, 0.05) is 12.6 Å². The van der Waals surface area contributed by atoms with Gasteiger partial charge in [-0.05, 0) is 50.0 Å². The van der Waals surface area contributed by atoms with Crippen molar-refractivity contribution in [1.82, 2.24) is 9.62 Å². The van der Waals surface area contributed by atoms with Crippen LogP contribution in [0.25, 0.3) is 0 Å². The number of carbonyl (C=O) groups excluding carboxylic acids is 1. The fourth-order valence-electron chi connectivity index (χ4n) is 5.08. The van der Waals surface area contributed by atoms with E-state index in [0.29, 0.717) is 38.7 Å². The van der Waals surface area contributed by atoms with Crippen LogP contribution >= 0.6 is 0 Å². The Morgan fingerprint density at radius 3 is 2.45 bits per heavy atom. The lowest BCUT2D eigenvalue weighted by molar-refractivity contribution is -0.156. The number of nitrogens with one attached hydrogen (secondary N) is 1. The number of nitrogens with zero attached hydrogens (tertiary/aromatic N) is 1. The smallest absolute Gasteiger partial charge is 0.230 e. The summed E-state index contributed by atoms with van der Waals surface area (Å²) < 4.78 is 38.1. The number of rotatable bonds is 7. The lowest BCUT2D eigenvalue weighted by Crippen LogP contribution is -2.61. The highest BCUT2D eigenvalue weighted by Gasteiger charge is 2.40. The van der Waals surface area contributed by atoms with Gasteiger partial charge in [0.2, 0.25) is 15.9 Å². The third-order valence-corrected chi connectivity index (χ3v) is 7.59. The quantitative estimate of drug-likeness (QED) is 0.689. The molecular formula is C23H34N2O5S. The summed E-state index contributed by atoms with van der Waals surface area (Å²) in [6.07, 6.45) is 6.99. The summed E-state index contributed by atoms with van der Waals surface area (Å²) in [6.45, 7) is 1.92. The molecular weight excluding hydrogens is 416 g/mol. The minimum Gasteiger partial charge on any atom is -0.380 e. The second-order valence-corrected chi connectivity index (χ2v) is 11.0. The lowest BCUT2D eigenvalue weighted by Gasteiger charge is -2.44. The Morgan fingerprint density at radius 1 is 1.13 bits per heavy atom. The van der Waals surface area contributed by atoms with Crippen molar-refractivity contribution in [3.63, 3.8) is 0 Å². The Balaban J connectivity index is 1.37. The second kappa shape index (κ2) is 9.98. The van der Waals surface area contributed by atoms with Crippen LogP contribution in [0.15, 0.2) is 30.3 Å². The number of hydrogen-bond acceptors (Lipinski definition) is 5. The lowest BCUT2D eigenvalue weighted by atomic mass is 9.83. The molecule has 0 aromatic heterocycles. The number of hydrogen-bond donors (Lipinski definition) is 1. The molecule has 2 atom stereocenters. The van der Waals surface area contributed by atoms with E-state index in [1.165, 1.54) is 11.8 Å². The van der Waals surface area contributed by atoms with E-state index in [2.05, 4.69) is 29.0 Å². The molecule has 1 aromatic rings. The van der Waals surface area contributed by atoms with Crippen LogP contribution in [-0.4, -0.2) is 70.0 Å². The topological polar surface area (TPSA) is 84.9 Å². The van der Waals surface area contributed by atoms with Gasteiger partial charge in [-0.1, -0.05) is 30.3 Å². The maximum absolute atomic E-state index is 13.0. The summed E-state index contributed by atoms with van der Waals surface area (Å²) in [5.74, 6) is 0.528. The van der Waals surface area contributed by atoms with Crippen molar-refractivity contribution in [1.29, 1.82) is 0 Å². The van der Waals surface area contributed by atoms with Gasteiger partial charge < -0.3 is 14.4 Å². The third-order valence-electron chi connectivity index (χ3n) is 6.86. The third kappa shape index (κ3) is 5.86. The van der Waals surface area contributed by atoms with Crippen LogP contribution in [0.2, 0.25) is 0 Å². The molecule has 2 aliphatic heterocycles. The molecule has 31 heavy (non-hydrogen) atoms.